The van der Waals surface area contributed by atoms with Crippen molar-refractivity contribution in [2.45, 2.75) is 13.3 Å². The summed E-state index contributed by atoms with van der Waals surface area (Å²) in [5, 5.41) is 19.7. The highest BCUT2D eigenvalue weighted by atomic mass is 32.1. The average molecular weight is 496 g/mol. The van der Waals surface area contributed by atoms with Crippen molar-refractivity contribution >= 4 is 67.2 Å². The third-order valence-electron chi connectivity index (χ3n) is 4.61. The Kier molecular flexibility index (Phi) is 6.61. The van der Waals surface area contributed by atoms with Crippen LogP contribution in [0, 0.1) is 10.1 Å². The lowest BCUT2D eigenvalue weighted by Gasteiger charge is -2.08. The van der Waals surface area contributed by atoms with Crippen LogP contribution in [0.1, 0.15) is 23.9 Å². The van der Waals surface area contributed by atoms with E-state index in [9.17, 15) is 19.7 Å². The van der Waals surface area contributed by atoms with Crippen LogP contribution in [0.5, 0.6) is 0 Å². The average Bonchev–Trinajstić information content (AvgIpc) is 3.45. The molecule has 2 aromatic carbocycles. The third-order valence-corrected chi connectivity index (χ3v) is 5.75. The fourth-order valence-electron chi connectivity index (χ4n) is 2.98. The summed E-state index contributed by atoms with van der Waals surface area (Å²) in [7, 11) is 0. The molecule has 0 aliphatic heterocycles. The van der Waals surface area contributed by atoms with Gasteiger partial charge in [0.05, 0.1) is 15.1 Å². The molecule has 2 heterocycles. The van der Waals surface area contributed by atoms with Crippen LogP contribution in [0.2, 0.25) is 0 Å². The number of thiocarbonyl (C=S) groups is 1. The summed E-state index contributed by atoms with van der Waals surface area (Å²) in [4.78, 5) is 38.9. The highest BCUT2D eigenvalue weighted by Crippen LogP contribution is 2.29. The van der Waals surface area contributed by atoms with Gasteiger partial charge in [-0.25, -0.2) is 4.98 Å². The molecule has 0 aliphatic rings. The van der Waals surface area contributed by atoms with E-state index >= 15 is 0 Å². The molecule has 0 atom stereocenters. The molecule has 12 heteroatoms. The maximum atomic E-state index is 12.5. The second-order valence-corrected chi connectivity index (χ2v) is 8.42. The van der Waals surface area contributed by atoms with E-state index in [0.29, 0.717) is 28.6 Å². The monoisotopic (exact) mass is 495 g/mol. The Morgan fingerprint density at radius 2 is 1.97 bits per heavy atom. The van der Waals surface area contributed by atoms with Crippen LogP contribution in [-0.2, 0) is 4.79 Å². The first-order valence-corrected chi connectivity index (χ1v) is 11.2. The smallest absolute Gasteiger partial charge is 0.293 e. The van der Waals surface area contributed by atoms with Crippen molar-refractivity contribution in [3.8, 4) is 11.3 Å². The number of hydrogen-bond acceptors (Lipinski definition) is 8. The minimum Gasteiger partial charge on any atom is -0.451 e. The molecule has 0 spiro atoms. The molecule has 3 N–H and O–H groups in total. The van der Waals surface area contributed by atoms with E-state index in [1.165, 1.54) is 35.6 Å². The number of rotatable bonds is 6. The number of benzene rings is 2. The molecule has 2 amide bonds. The molecule has 0 radical (unpaired) electrons. The molecule has 0 fully saturated rings. The van der Waals surface area contributed by atoms with Gasteiger partial charge in [0.15, 0.2) is 16.0 Å². The van der Waals surface area contributed by atoms with E-state index < -0.39 is 10.8 Å². The number of nitrogens with one attached hydrogen (secondary N) is 3. The number of carbonyl (C=O) groups is 2. The Bertz CT molecular complexity index is 1430. The van der Waals surface area contributed by atoms with Gasteiger partial charge in [-0.15, -0.1) is 0 Å². The highest BCUT2D eigenvalue weighted by Gasteiger charge is 2.16. The molecular weight excluding hydrogens is 478 g/mol. The maximum absolute atomic E-state index is 12.5. The van der Waals surface area contributed by atoms with E-state index in [-0.39, 0.29) is 22.5 Å². The first kappa shape index (κ1) is 23.0. The van der Waals surface area contributed by atoms with Crippen molar-refractivity contribution in [3.05, 3.63) is 70.5 Å². The van der Waals surface area contributed by atoms with Crippen molar-refractivity contribution in [1.29, 1.82) is 0 Å². The van der Waals surface area contributed by atoms with E-state index in [2.05, 4.69) is 20.9 Å². The summed E-state index contributed by atoms with van der Waals surface area (Å²) < 4.78 is 6.39. The zero-order valence-corrected chi connectivity index (χ0v) is 19.3. The predicted octanol–water partition coefficient (Wildman–Crippen LogP) is 4.94. The van der Waals surface area contributed by atoms with Crippen LogP contribution >= 0.6 is 23.6 Å². The molecule has 0 aliphatic carbocycles. The second-order valence-electron chi connectivity index (χ2n) is 6.98. The van der Waals surface area contributed by atoms with Gasteiger partial charge >= 0.3 is 0 Å². The van der Waals surface area contributed by atoms with Crippen LogP contribution in [0.15, 0.2) is 59.0 Å². The normalized spacial score (nSPS) is 10.6. The van der Waals surface area contributed by atoms with Crippen LogP contribution < -0.4 is 16.0 Å². The molecular formula is C22H17N5O5S2. The number of nitro groups is 1. The Balaban J connectivity index is 1.41. The Hall–Kier alpha value is -4.16. The third kappa shape index (κ3) is 5.24. The Morgan fingerprint density at radius 1 is 1.15 bits per heavy atom. The van der Waals surface area contributed by atoms with Crippen LogP contribution in [0.25, 0.3) is 21.5 Å². The quantitative estimate of drug-likeness (QED) is 0.194. The van der Waals surface area contributed by atoms with Crippen molar-refractivity contribution in [2.24, 2.45) is 0 Å². The fraction of sp³-hybridized carbons (Fsp3) is 0.0909. The first-order valence-electron chi connectivity index (χ1n) is 10.00. The number of non-ortho nitro benzene ring substituents is 1. The summed E-state index contributed by atoms with van der Waals surface area (Å²) in [5.74, 6) is -0.375. The van der Waals surface area contributed by atoms with Gasteiger partial charge < -0.3 is 15.1 Å². The summed E-state index contributed by atoms with van der Waals surface area (Å²) in [6.45, 7) is 1.76. The molecule has 0 unspecified atom stereocenters. The van der Waals surface area contributed by atoms with E-state index in [1.807, 2.05) is 0 Å². The SMILES string of the molecule is CCC(=O)Nc1nc2ccc(NC(=S)NC(=O)c3ccc(-c4cccc([N+](=O)[O-])c4)o3)cc2s1. The minimum absolute atomic E-state index is 0.000118. The zero-order chi connectivity index (χ0) is 24.2. The van der Waals surface area contributed by atoms with E-state index in [1.54, 1.807) is 37.3 Å². The standard InChI is InChI=1S/C22H17N5O5S2/c1-2-19(28)25-22-24-15-7-6-13(11-18(15)34-22)23-21(33)26-20(29)17-9-8-16(32-17)12-4-3-5-14(10-12)27(30)31/h3-11H,2H2,1H3,(H,24,25,28)(H2,23,26,29,33). The second kappa shape index (κ2) is 9.77. The van der Waals surface area contributed by atoms with Crippen LogP contribution in [-0.4, -0.2) is 26.8 Å². The molecule has 172 valence electrons. The molecule has 2 aromatic heterocycles. The molecule has 34 heavy (non-hydrogen) atoms. The minimum atomic E-state index is -0.572. The van der Waals surface area contributed by atoms with Gasteiger partial charge in [-0.2, -0.15) is 0 Å². The molecule has 4 aromatic rings. The maximum Gasteiger partial charge on any atom is 0.293 e. The number of fused-ring (bicyclic) bond motifs is 1. The first-order chi connectivity index (χ1) is 16.3. The van der Waals surface area contributed by atoms with E-state index in [0.717, 1.165) is 10.2 Å². The number of hydrogen-bond donors (Lipinski definition) is 3. The zero-order valence-electron chi connectivity index (χ0n) is 17.7. The molecule has 10 nitrogen and oxygen atoms in total. The number of furan rings is 1. The highest BCUT2D eigenvalue weighted by molar-refractivity contribution is 7.80. The van der Waals surface area contributed by atoms with Gasteiger partial charge in [0.25, 0.3) is 11.6 Å². The topological polar surface area (TPSA) is 139 Å². The lowest BCUT2D eigenvalue weighted by Crippen LogP contribution is -2.33. The van der Waals surface area contributed by atoms with Gasteiger partial charge in [0, 0.05) is 29.8 Å². The number of amides is 2. The summed E-state index contributed by atoms with van der Waals surface area (Å²) >= 11 is 6.56. The van der Waals surface area contributed by atoms with Crippen molar-refractivity contribution in [2.75, 3.05) is 10.6 Å². The number of nitrogens with zero attached hydrogens (tertiary/aromatic N) is 2. The molecule has 0 saturated heterocycles. The van der Waals surface area contributed by atoms with Crippen LogP contribution in [0.4, 0.5) is 16.5 Å². The van der Waals surface area contributed by atoms with Gasteiger partial charge in [0.2, 0.25) is 5.91 Å². The summed E-state index contributed by atoms with van der Waals surface area (Å²) in [6, 6.07) is 14.3. The predicted molar refractivity (Wildman–Crippen MR) is 133 cm³/mol. The summed E-state index contributed by atoms with van der Waals surface area (Å²) in [6.07, 6.45) is 0.360. The van der Waals surface area contributed by atoms with Crippen molar-refractivity contribution in [3.63, 3.8) is 0 Å². The van der Waals surface area contributed by atoms with Gasteiger partial charge in [-0.05, 0) is 42.5 Å². The summed E-state index contributed by atoms with van der Waals surface area (Å²) in [5.41, 5.74) is 1.75. The largest absolute Gasteiger partial charge is 0.451 e. The fourth-order valence-corrected chi connectivity index (χ4v) is 4.11. The van der Waals surface area contributed by atoms with Crippen molar-refractivity contribution in [1.82, 2.24) is 10.3 Å². The number of anilines is 2. The number of nitro benzene ring substituents is 1. The van der Waals surface area contributed by atoms with Crippen LogP contribution in [0.3, 0.4) is 0 Å². The number of carbonyl (C=O) groups excluding carboxylic acids is 2. The van der Waals surface area contributed by atoms with Gasteiger partial charge in [-0.1, -0.05) is 30.4 Å². The van der Waals surface area contributed by atoms with Crippen molar-refractivity contribution < 1.29 is 18.9 Å². The number of aromatic nitrogens is 1. The lowest BCUT2D eigenvalue weighted by atomic mass is 10.1. The lowest BCUT2D eigenvalue weighted by molar-refractivity contribution is -0.384. The molecule has 4 rings (SSSR count). The Labute approximate surface area is 202 Å². The Morgan fingerprint density at radius 3 is 2.74 bits per heavy atom. The van der Waals surface area contributed by atoms with Gasteiger partial charge in [-0.3, -0.25) is 25.0 Å². The number of thiazole rings is 1. The van der Waals surface area contributed by atoms with Gasteiger partial charge in [0.1, 0.15) is 5.76 Å². The van der Waals surface area contributed by atoms with E-state index in [4.69, 9.17) is 16.6 Å². The molecule has 0 saturated carbocycles. The molecule has 0 bridgehead atoms.